The highest BCUT2D eigenvalue weighted by atomic mass is 32.2. The van der Waals surface area contributed by atoms with Gasteiger partial charge in [0.05, 0.1) is 33.3 Å². The van der Waals surface area contributed by atoms with E-state index in [9.17, 15) is 31.6 Å². The van der Waals surface area contributed by atoms with E-state index in [4.69, 9.17) is 4.74 Å². The molecule has 2 fully saturated rings. The third kappa shape index (κ3) is 4.72. The molecule has 0 saturated heterocycles. The zero-order valence-electron chi connectivity index (χ0n) is 20.1. The molecule has 0 aliphatic heterocycles. The number of nitrogens with one attached hydrogen (secondary N) is 1. The predicted octanol–water partition coefficient (Wildman–Crippen LogP) is 4.83. The van der Waals surface area contributed by atoms with Crippen molar-refractivity contribution in [3.63, 3.8) is 0 Å². The first-order valence-electron chi connectivity index (χ1n) is 11.5. The van der Waals surface area contributed by atoms with Crippen LogP contribution in [0.3, 0.4) is 0 Å². The maximum atomic E-state index is 14.1. The van der Waals surface area contributed by atoms with Crippen LogP contribution in [0.25, 0.3) is 11.1 Å². The Morgan fingerprint density at radius 3 is 2.47 bits per heavy atom. The highest BCUT2D eigenvalue weighted by Crippen LogP contribution is 2.47. The molecule has 0 bridgehead atoms. The van der Waals surface area contributed by atoms with Gasteiger partial charge in [0.15, 0.2) is 9.84 Å². The van der Waals surface area contributed by atoms with E-state index in [1.807, 2.05) is 6.92 Å². The predicted molar refractivity (Wildman–Crippen MR) is 129 cm³/mol. The van der Waals surface area contributed by atoms with Gasteiger partial charge in [0.1, 0.15) is 11.8 Å². The summed E-state index contributed by atoms with van der Waals surface area (Å²) in [6, 6.07) is 7.25. The first-order chi connectivity index (χ1) is 16.8. The van der Waals surface area contributed by atoms with Gasteiger partial charge in [0.2, 0.25) is 0 Å². The van der Waals surface area contributed by atoms with E-state index in [0.29, 0.717) is 30.3 Å². The summed E-state index contributed by atoms with van der Waals surface area (Å²) >= 11 is 1.45. The van der Waals surface area contributed by atoms with Gasteiger partial charge in [0.25, 0.3) is 0 Å². The van der Waals surface area contributed by atoms with Crippen LogP contribution in [0, 0.1) is 30.6 Å². The second-order valence-electron chi connectivity index (χ2n) is 9.77. The lowest BCUT2D eigenvalue weighted by Crippen LogP contribution is -2.46. The molecule has 2 aliphatic carbocycles. The zero-order valence-corrected chi connectivity index (χ0v) is 21.7. The van der Waals surface area contributed by atoms with Crippen LogP contribution in [-0.2, 0) is 25.5 Å². The molecule has 2 saturated carbocycles. The largest absolute Gasteiger partial charge is 0.417 e. The number of aryl methyl sites for hydroxylation is 2. The number of nitrogens with zero attached hydrogens (tertiary/aromatic N) is 1. The van der Waals surface area contributed by atoms with Crippen LogP contribution in [0.4, 0.5) is 13.2 Å². The Bertz CT molecular complexity index is 1330. The van der Waals surface area contributed by atoms with E-state index < -0.39 is 48.8 Å². The molecule has 1 heterocycles. The quantitative estimate of drug-likeness (QED) is 0.482. The molecule has 11 heteroatoms. The lowest BCUT2D eigenvalue weighted by atomic mass is 9.85. The summed E-state index contributed by atoms with van der Waals surface area (Å²) in [7, 11) is -3.13. The number of benzene rings is 1. The van der Waals surface area contributed by atoms with Crippen molar-refractivity contribution in [2.45, 2.75) is 67.5 Å². The summed E-state index contributed by atoms with van der Waals surface area (Å²) in [4.78, 5) is 13.2. The van der Waals surface area contributed by atoms with Gasteiger partial charge in [-0.1, -0.05) is 6.07 Å². The van der Waals surface area contributed by atoms with Crippen LogP contribution in [0.5, 0.6) is 0 Å². The number of aldehydes is 1. The number of nitriles is 1. The van der Waals surface area contributed by atoms with Crippen LogP contribution >= 0.6 is 11.3 Å². The number of alkyl halides is 3. The molecule has 6 nitrogen and oxygen atoms in total. The molecular formula is C25H27F3N2O4S2. The molecule has 3 atom stereocenters. The van der Waals surface area contributed by atoms with Gasteiger partial charge >= 0.3 is 6.18 Å². The number of carbonyl (C=O) groups excluding carboxylic acids is 1. The number of hydrogen-bond acceptors (Lipinski definition) is 7. The van der Waals surface area contributed by atoms with Crippen molar-refractivity contribution in [3.05, 3.63) is 39.6 Å². The normalized spacial score (nSPS) is 25.5. The lowest BCUT2D eigenvalue weighted by molar-refractivity contribution is -0.139. The zero-order chi connectivity index (χ0) is 26.5. The number of methoxy groups -OCH3 is 1. The molecule has 0 spiro atoms. The Balaban J connectivity index is 1.71. The van der Waals surface area contributed by atoms with E-state index in [2.05, 4.69) is 11.4 Å². The fraction of sp³-hybridized carbons (Fsp3) is 0.520. The average molecular weight is 541 g/mol. The van der Waals surface area contributed by atoms with Crippen molar-refractivity contribution in [2.75, 3.05) is 13.7 Å². The van der Waals surface area contributed by atoms with E-state index in [1.165, 1.54) is 24.5 Å². The van der Waals surface area contributed by atoms with E-state index in [0.717, 1.165) is 21.9 Å². The SMILES string of the molecule is CO[C@@H]1CC(S(=O)(=O)c2ccc(-c3cc(C)sc3C)cc2C(F)(F)F)CC1(C=O)CNC1(C#N)CC1. The molecule has 36 heavy (non-hydrogen) atoms. The van der Waals surface area contributed by atoms with Crippen molar-refractivity contribution in [3.8, 4) is 17.2 Å². The smallest absolute Gasteiger partial charge is 0.380 e. The average Bonchev–Trinajstić information content (AvgIpc) is 3.39. The summed E-state index contributed by atoms with van der Waals surface area (Å²) in [5.74, 6) is 0. The fourth-order valence-electron chi connectivity index (χ4n) is 5.08. The Morgan fingerprint density at radius 1 is 1.28 bits per heavy atom. The van der Waals surface area contributed by atoms with Gasteiger partial charge < -0.3 is 9.53 Å². The molecule has 1 aromatic heterocycles. The van der Waals surface area contributed by atoms with Crippen molar-refractivity contribution >= 4 is 27.5 Å². The van der Waals surface area contributed by atoms with Crippen molar-refractivity contribution in [1.82, 2.24) is 5.32 Å². The maximum Gasteiger partial charge on any atom is 0.417 e. The molecule has 1 N–H and O–H groups in total. The van der Waals surface area contributed by atoms with Crippen LogP contribution in [0.15, 0.2) is 29.2 Å². The number of thiophene rings is 1. The van der Waals surface area contributed by atoms with Crippen molar-refractivity contribution < 1.29 is 31.1 Å². The number of ether oxygens (including phenoxy) is 1. The Morgan fingerprint density at radius 2 is 1.97 bits per heavy atom. The van der Waals surface area contributed by atoms with Crippen LogP contribution in [0.2, 0.25) is 0 Å². The van der Waals surface area contributed by atoms with E-state index in [-0.39, 0.29) is 19.4 Å². The number of rotatable bonds is 8. The van der Waals surface area contributed by atoms with Gasteiger partial charge in [-0.2, -0.15) is 18.4 Å². The maximum absolute atomic E-state index is 14.1. The van der Waals surface area contributed by atoms with Crippen LogP contribution < -0.4 is 5.32 Å². The fourth-order valence-corrected chi connectivity index (χ4v) is 8.08. The Hall–Kier alpha value is -2.26. The van der Waals surface area contributed by atoms with Crippen LogP contribution in [-0.4, -0.2) is 45.3 Å². The van der Waals surface area contributed by atoms with Gasteiger partial charge in [-0.05, 0) is 68.9 Å². The molecule has 2 unspecified atom stereocenters. The molecular weight excluding hydrogens is 513 g/mol. The molecule has 1 aromatic carbocycles. The second kappa shape index (κ2) is 9.24. The molecule has 2 aliphatic rings. The summed E-state index contributed by atoms with van der Waals surface area (Å²) in [6.07, 6.45) is -4.20. The lowest BCUT2D eigenvalue weighted by Gasteiger charge is -2.30. The summed E-state index contributed by atoms with van der Waals surface area (Å²) in [6.45, 7) is 3.67. The minimum absolute atomic E-state index is 0.0104. The number of sulfone groups is 1. The summed E-state index contributed by atoms with van der Waals surface area (Å²) < 4.78 is 75.1. The number of carbonyl (C=O) groups is 1. The summed E-state index contributed by atoms with van der Waals surface area (Å²) in [5, 5.41) is 11.1. The molecule has 4 rings (SSSR count). The monoisotopic (exact) mass is 540 g/mol. The van der Waals surface area contributed by atoms with Gasteiger partial charge in [-0.15, -0.1) is 11.3 Å². The van der Waals surface area contributed by atoms with Gasteiger partial charge in [0, 0.05) is 23.4 Å². The highest BCUT2D eigenvalue weighted by Gasteiger charge is 2.55. The van der Waals surface area contributed by atoms with Gasteiger partial charge in [-0.25, -0.2) is 8.42 Å². The Labute approximate surface area is 212 Å². The highest BCUT2D eigenvalue weighted by molar-refractivity contribution is 7.92. The molecule has 194 valence electrons. The molecule has 2 aromatic rings. The minimum atomic E-state index is -4.90. The third-order valence-electron chi connectivity index (χ3n) is 7.35. The van der Waals surface area contributed by atoms with E-state index >= 15 is 0 Å². The van der Waals surface area contributed by atoms with Crippen molar-refractivity contribution in [1.29, 1.82) is 5.26 Å². The first-order valence-corrected chi connectivity index (χ1v) is 13.8. The van der Waals surface area contributed by atoms with Crippen LogP contribution in [0.1, 0.15) is 41.0 Å². The van der Waals surface area contributed by atoms with Gasteiger partial charge in [-0.3, -0.25) is 5.32 Å². The van der Waals surface area contributed by atoms with E-state index in [1.54, 1.807) is 13.0 Å². The first kappa shape index (κ1) is 26.8. The molecule has 0 amide bonds. The third-order valence-corrected chi connectivity index (χ3v) is 10.5. The van der Waals surface area contributed by atoms with Crippen molar-refractivity contribution in [2.24, 2.45) is 5.41 Å². The number of hydrogen-bond donors (Lipinski definition) is 1. The standard InChI is InChI=1S/C25H27F3N2O4S2/c1-15-8-19(16(2)35-15)17-4-5-21(20(9-17)25(26,27)28)36(32,33)18-10-22(34-3)23(11-18,14-31)13-30-24(12-29)6-7-24/h4-5,8-9,14,18,22,30H,6-7,10-11,13H2,1-3H3/t18?,22-,23?/m1/s1. The molecule has 0 radical (unpaired) electrons. The number of halogens is 3. The minimum Gasteiger partial charge on any atom is -0.380 e. The topological polar surface area (TPSA) is 96.3 Å². The second-order valence-corrected chi connectivity index (χ2v) is 13.4. The summed E-state index contributed by atoms with van der Waals surface area (Å²) in [5.41, 5.74) is -2.32. The Kier molecular flexibility index (Phi) is 6.88.